The lowest BCUT2D eigenvalue weighted by atomic mass is 9.94. The van der Waals surface area contributed by atoms with E-state index >= 15 is 0 Å². The maximum atomic E-state index is 12.5. The van der Waals surface area contributed by atoms with E-state index in [4.69, 9.17) is 0 Å². The summed E-state index contributed by atoms with van der Waals surface area (Å²) < 4.78 is 0. The van der Waals surface area contributed by atoms with Crippen LogP contribution in [0.5, 0.6) is 0 Å². The van der Waals surface area contributed by atoms with Gasteiger partial charge in [0.1, 0.15) is 0 Å². The number of aryl methyl sites for hydroxylation is 1. The Morgan fingerprint density at radius 3 is 2.21 bits per heavy atom. The first-order chi connectivity index (χ1) is 11.4. The molecule has 1 atom stereocenters. The Hall–Kier alpha value is -2.43. The van der Waals surface area contributed by atoms with E-state index < -0.39 is 0 Å². The molecule has 0 saturated heterocycles. The predicted octanol–water partition coefficient (Wildman–Crippen LogP) is 3.23. The van der Waals surface area contributed by atoms with Gasteiger partial charge in [0.25, 0.3) is 5.91 Å². The summed E-state index contributed by atoms with van der Waals surface area (Å²) in [6.07, 6.45) is 1.01. The Balaban J connectivity index is 2.15. The highest BCUT2D eigenvalue weighted by atomic mass is 16.2. The zero-order valence-corrected chi connectivity index (χ0v) is 15.1. The molecule has 0 aliphatic rings. The van der Waals surface area contributed by atoms with E-state index in [9.17, 15) is 4.79 Å². The van der Waals surface area contributed by atoms with Gasteiger partial charge in [0.2, 0.25) is 0 Å². The minimum absolute atomic E-state index is 0.0567. The molecule has 1 heterocycles. The lowest BCUT2D eigenvalue weighted by Gasteiger charge is -2.23. The van der Waals surface area contributed by atoms with E-state index in [-0.39, 0.29) is 17.9 Å². The molecule has 0 aliphatic heterocycles. The smallest absolute Gasteiger partial charge is 0.272 e. The summed E-state index contributed by atoms with van der Waals surface area (Å²) in [4.78, 5) is 14.4. The van der Waals surface area contributed by atoms with Crippen LogP contribution in [-0.2, 0) is 6.42 Å². The van der Waals surface area contributed by atoms with Gasteiger partial charge in [-0.3, -0.25) is 4.79 Å². The van der Waals surface area contributed by atoms with Crippen LogP contribution in [0.2, 0.25) is 0 Å². The van der Waals surface area contributed by atoms with Gasteiger partial charge >= 0.3 is 0 Å². The van der Waals surface area contributed by atoms with Gasteiger partial charge in [-0.2, -0.15) is 0 Å². The molecule has 0 spiro atoms. The summed E-state index contributed by atoms with van der Waals surface area (Å²) in [5.74, 6) is 0.795. The third-order valence-electron chi connectivity index (χ3n) is 4.04. The van der Waals surface area contributed by atoms with Crippen LogP contribution in [0.4, 0.5) is 5.82 Å². The highest BCUT2D eigenvalue weighted by Crippen LogP contribution is 2.22. The Kier molecular flexibility index (Phi) is 5.90. The van der Waals surface area contributed by atoms with Gasteiger partial charge in [0.05, 0.1) is 6.04 Å². The van der Waals surface area contributed by atoms with Gasteiger partial charge in [-0.25, -0.2) is 0 Å². The predicted molar refractivity (Wildman–Crippen MR) is 97.2 cm³/mol. The molecule has 2 rings (SSSR count). The Labute approximate surface area is 144 Å². The molecule has 128 valence electrons. The van der Waals surface area contributed by atoms with Crippen molar-refractivity contribution < 1.29 is 4.79 Å². The van der Waals surface area contributed by atoms with Crippen molar-refractivity contribution >= 4 is 11.7 Å². The fraction of sp³-hybridized carbons (Fsp3) is 0.421. The number of hydrogen-bond donors (Lipinski definition) is 1. The molecule has 5 nitrogen and oxygen atoms in total. The van der Waals surface area contributed by atoms with Gasteiger partial charge < -0.3 is 10.2 Å². The number of carbonyl (C=O) groups is 1. The van der Waals surface area contributed by atoms with Crippen LogP contribution in [0.25, 0.3) is 0 Å². The average Bonchev–Trinajstić information content (AvgIpc) is 2.59. The van der Waals surface area contributed by atoms with Crippen LogP contribution in [0, 0.1) is 5.92 Å². The van der Waals surface area contributed by atoms with Crippen molar-refractivity contribution in [3.05, 3.63) is 53.2 Å². The first-order valence-corrected chi connectivity index (χ1v) is 8.33. The van der Waals surface area contributed by atoms with Crippen LogP contribution >= 0.6 is 0 Å². The minimum Gasteiger partial charge on any atom is -0.361 e. The fourth-order valence-electron chi connectivity index (χ4n) is 2.50. The summed E-state index contributed by atoms with van der Waals surface area (Å²) in [6.45, 7) is 6.33. The second-order valence-corrected chi connectivity index (χ2v) is 6.46. The van der Waals surface area contributed by atoms with Gasteiger partial charge in [0, 0.05) is 14.1 Å². The van der Waals surface area contributed by atoms with Gasteiger partial charge in [0.15, 0.2) is 11.5 Å². The van der Waals surface area contributed by atoms with Crippen LogP contribution in [0.1, 0.15) is 48.4 Å². The molecule has 24 heavy (non-hydrogen) atoms. The highest BCUT2D eigenvalue weighted by Gasteiger charge is 2.20. The topological polar surface area (TPSA) is 58.1 Å². The monoisotopic (exact) mass is 326 g/mol. The van der Waals surface area contributed by atoms with Crippen molar-refractivity contribution in [3.63, 3.8) is 0 Å². The van der Waals surface area contributed by atoms with Crippen LogP contribution in [0.3, 0.4) is 0 Å². The standard InChI is InChI=1S/C19H26N4O/c1-6-14-7-9-15(10-8-14)18(13(2)3)20-19(24)16-11-12-17(22-21-16)23(4)5/h7-13,18H,6H2,1-5H3,(H,20,24). The minimum atomic E-state index is -0.203. The van der Waals surface area contributed by atoms with Crippen LogP contribution in [0.15, 0.2) is 36.4 Å². The Bertz CT molecular complexity index is 663. The second kappa shape index (κ2) is 7.90. The molecule has 1 amide bonds. The quantitative estimate of drug-likeness (QED) is 0.885. The molecule has 0 radical (unpaired) electrons. The molecule has 2 aromatic rings. The van der Waals surface area contributed by atoms with E-state index in [0.29, 0.717) is 5.69 Å². The number of nitrogens with zero attached hydrogens (tertiary/aromatic N) is 3. The lowest BCUT2D eigenvalue weighted by molar-refractivity contribution is 0.0919. The second-order valence-electron chi connectivity index (χ2n) is 6.46. The molecular formula is C19H26N4O. The summed E-state index contributed by atoms with van der Waals surface area (Å²) >= 11 is 0. The van der Waals surface area contributed by atoms with E-state index in [1.54, 1.807) is 12.1 Å². The molecule has 0 fully saturated rings. The molecule has 0 saturated carbocycles. The van der Waals surface area contributed by atoms with Crippen LogP contribution in [-0.4, -0.2) is 30.2 Å². The van der Waals surface area contributed by atoms with Crippen molar-refractivity contribution in [2.24, 2.45) is 5.92 Å². The summed E-state index contributed by atoms with van der Waals surface area (Å²) in [5.41, 5.74) is 2.72. The zero-order valence-electron chi connectivity index (χ0n) is 15.1. The van der Waals surface area contributed by atoms with Crippen LogP contribution < -0.4 is 10.2 Å². The molecule has 0 bridgehead atoms. The number of amides is 1. The Morgan fingerprint density at radius 2 is 1.75 bits per heavy atom. The number of nitrogens with one attached hydrogen (secondary N) is 1. The molecule has 1 aromatic carbocycles. The maximum absolute atomic E-state index is 12.5. The number of rotatable bonds is 6. The van der Waals surface area contributed by atoms with E-state index in [1.807, 2.05) is 19.0 Å². The van der Waals surface area contributed by atoms with Gasteiger partial charge in [-0.05, 0) is 35.6 Å². The molecule has 5 heteroatoms. The molecule has 0 aliphatic carbocycles. The summed E-state index contributed by atoms with van der Waals surface area (Å²) in [7, 11) is 3.77. The highest BCUT2D eigenvalue weighted by molar-refractivity contribution is 5.92. The Morgan fingerprint density at radius 1 is 1.08 bits per heavy atom. The fourth-order valence-corrected chi connectivity index (χ4v) is 2.50. The van der Waals surface area contributed by atoms with E-state index in [2.05, 4.69) is 60.6 Å². The zero-order chi connectivity index (χ0) is 17.7. The third kappa shape index (κ3) is 4.31. The van der Waals surface area contributed by atoms with Gasteiger partial charge in [-0.1, -0.05) is 45.0 Å². The molecular weight excluding hydrogens is 300 g/mol. The first kappa shape index (κ1) is 17.9. The summed E-state index contributed by atoms with van der Waals surface area (Å²) in [6, 6.07) is 11.8. The van der Waals surface area contributed by atoms with Crippen molar-refractivity contribution in [2.75, 3.05) is 19.0 Å². The van der Waals surface area contributed by atoms with Crippen molar-refractivity contribution in [3.8, 4) is 0 Å². The van der Waals surface area contributed by atoms with E-state index in [0.717, 1.165) is 17.8 Å². The number of hydrogen-bond acceptors (Lipinski definition) is 4. The number of benzene rings is 1. The molecule has 1 unspecified atom stereocenters. The van der Waals surface area contributed by atoms with Gasteiger partial charge in [-0.15, -0.1) is 10.2 Å². The number of carbonyl (C=O) groups excluding carboxylic acids is 1. The van der Waals surface area contributed by atoms with E-state index in [1.165, 1.54) is 5.56 Å². The first-order valence-electron chi connectivity index (χ1n) is 8.33. The maximum Gasteiger partial charge on any atom is 0.272 e. The number of aromatic nitrogens is 2. The average molecular weight is 326 g/mol. The number of anilines is 1. The summed E-state index contributed by atoms with van der Waals surface area (Å²) in [5, 5.41) is 11.2. The molecule has 1 N–H and O–H groups in total. The SMILES string of the molecule is CCc1ccc(C(NC(=O)c2ccc(N(C)C)nn2)C(C)C)cc1. The van der Waals surface area contributed by atoms with Crippen molar-refractivity contribution in [2.45, 2.75) is 33.2 Å². The molecule has 1 aromatic heterocycles. The third-order valence-corrected chi connectivity index (χ3v) is 4.04. The lowest BCUT2D eigenvalue weighted by Crippen LogP contribution is -2.32. The normalized spacial score (nSPS) is 12.1. The van der Waals surface area contributed by atoms with Crippen molar-refractivity contribution in [1.29, 1.82) is 0 Å². The largest absolute Gasteiger partial charge is 0.361 e. The van der Waals surface area contributed by atoms with Crippen molar-refractivity contribution in [1.82, 2.24) is 15.5 Å².